The maximum absolute atomic E-state index is 12.5. The van der Waals surface area contributed by atoms with Crippen molar-refractivity contribution in [2.75, 3.05) is 13.1 Å². The molecule has 1 aliphatic heterocycles. The van der Waals surface area contributed by atoms with Crippen molar-refractivity contribution in [3.05, 3.63) is 16.5 Å². The van der Waals surface area contributed by atoms with Gasteiger partial charge in [0.1, 0.15) is 17.3 Å². The van der Waals surface area contributed by atoms with Crippen molar-refractivity contribution in [2.45, 2.75) is 31.8 Å². The fourth-order valence-electron chi connectivity index (χ4n) is 2.31. The van der Waals surface area contributed by atoms with Crippen LogP contribution in [0.4, 0.5) is 0 Å². The van der Waals surface area contributed by atoms with Crippen LogP contribution in [0.5, 0.6) is 0 Å². The Hall–Kier alpha value is -0.370. The number of furan rings is 1. The second-order valence-electron chi connectivity index (χ2n) is 5.16. The highest BCUT2D eigenvalue weighted by atomic mass is 79.9. The molecular weight excluding hydrogens is 334 g/mol. The second-order valence-corrected chi connectivity index (χ2v) is 7.79. The third kappa shape index (κ3) is 2.89. The molecule has 1 fully saturated rings. The van der Waals surface area contributed by atoms with E-state index in [0.29, 0.717) is 24.9 Å². The van der Waals surface area contributed by atoms with Crippen molar-refractivity contribution >= 4 is 26.0 Å². The number of hydrogen-bond acceptors (Lipinski definition) is 4. The lowest BCUT2D eigenvalue weighted by Gasteiger charge is -2.17. The molecule has 0 aliphatic carbocycles. The Kier molecular flexibility index (Phi) is 4.39. The summed E-state index contributed by atoms with van der Waals surface area (Å²) in [4.78, 5) is 0.0981. The molecule has 1 saturated heterocycles. The highest BCUT2D eigenvalue weighted by Crippen LogP contribution is 2.33. The average Bonchev–Trinajstić information content (AvgIpc) is 2.95. The van der Waals surface area contributed by atoms with E-state index in [1.807, 2.05) is 0 Å². The molecule has 7 heteroatoms. The van der Waals surface area contributed by atoms with Crippen LogP contribution in [0.1, 0.15) is 26.0 Å². The van der Waals surface area contributed by atoms with Gasteiger partial charge in [0.05, 0.1) is 0 Å². The standard InChI is InChI=1S/C12H18BrNO4S/c1-8(2)9-3-4-14(6-9)19(16,17)11-5-10(7-15)18-12(11)13/h5,8-9,15H,3-4,6-7H2,1-2H3. The van der Waals surface area contributed by atoms with Crippen LogP contribution >= 0.6 is 15.9 Å². The van der Waals surface area contributed by atoms with E-state index in [1.165, 1.54) is 10.4 Å². The van der Waals surface area contributed by atoms with E-state index in [0.717, 1.165) is 6.42 Å². The molecule has 1 aromatic heterocycles. The Morgan fingerprint density at radius 2 is 2.26 bits per heavy atom. The van der Waals surface area contributed by atoms with Crippen LogP contribution in [0.15, 0.2) is 20.0 Å². The zero-order valence-corrected chi connectivity index (χ0v) is 13.4. The molecule has 1 aromatic rings. The monoisotopic (exact) mass is 351 g/mol. The summed E-state index contributed by atoms with van der Waals surface area (Å²) >= 11 is 3.10. The summed E-state index contributed by atoms with van der Waals surface area (Å²) < 4.78 is 31.8. The molecule has 0 bridgehead atoms. The SMILES string of the molecule is CC(C)C1CCN(S(=O)(=O)c2cc(CO)oc2Br)C1. The Morgan fingerprint density at radius 1 is 1.58 bits per heavy atom. The minimum Gasteiger partial charge on any atom is -0.450 e. The van der Waals surface area contributed by atoms with Crippen LogP contribution in [0.2, 0.25) is 0 Å². The Morgan fingerprint density at radius 3 is 2.74 bits per heavy atom. The molecule has 2 heterocycles. The fourth-order valence-corrected chi connectivity index (χ4v) is 4.78. The van der Waals surface area contributed by atoms with Gasteiger partial charge in [0.15, 0.2) is 4.67 Å². The molecule has 108 valence electrons. The van der Waals surface area contributed by atoms with Crippen molar-refractivity contribution in [2.24, 2.45) is 11.8 Å². The number of aliphatic hydroxyl groups excluding tert-OH is 1. The minimum absolute atomic E-state index is 0.0981. The van der Waals surface area contributed by atoms with E-state index >= 15 is 0 Å². The van der Waals surface area contributed by atoms with Crippen molar-refractivity contribution in [1.82, 2.24) is 4.31 Å². The van der Waals surface area contributed by atoms with Gasteiger partial charge in [0.25, 0.3) is 0 Å². The Balaban J connectivity index is 2.26. The van der Waals surface area contributed by atoms with Gasteiger partial charge < -0.3 is 9.52 Å². The van der Waals surface area contributed by atoms with Gasteiger partial charge in [-0.3, -0.25) is 0 Å². The molecule has 0 radical (unpaired) electrons. The molecular formula is C12H18BrNO4S. The lowest BCUT2D eigenvalue weighted by molar-refractivity contribution is 0.245. The molecule has 1 N–H and O–H groups in total. The zero-order valence-electron chi connectivity index (χ0n) is 11.0. The quantitative estimate of drug-likeness (QED) is 0.902. The largest absolute Gasteiger partial charge is 0.450 e. The van der Waals surface area contributed by atoms with Crippen LogP contribution in [0, 0.1) is 11.8 Å². The summed E-state index contributed by atoms with van der Waals surface area (Å²) in [6.07, 6.45) is 0.888. The third-order valence-corrected chi connectivity index (χ3v) is 6.33. The smallest absolute Gasteiger partial charge is 0.247 e. The number of nitrogens with zero attached hydrogens (tertiary/aromatic N) is 1. The van der Waals surface area contributed by atoms with Gasteiger partial charge in [-0.15, -0.1) is 0 Å². The second kappa shape index (κ2) is 5.55. The van der Waals surface area contributed by atoms with Crippen LogP contribution in [-0.4, -0.2) is 30.9 Å². The van der Waals surface area contributed by atoms with Crippen molar-refractivity contribution in [1.29, 1.82) is 0 Å². The highest BCUT2D eigenvalue weighted by molar-refractivity contribution is 9.10. The van der Waals surface area contributed by atoms with E-state index < -0.39 is 10.0 Å². The maximum Gasteiger partial charge on any atom is 0.247 e. The van der Waals surface area contributed by atoms with Gasteiger partial charge >= 0.3 is 0 Å². The molecule has 0 amide bonds. The average molecular weight is 352 g/mol. The molecule has 1 aliphatic rings. The summed E-state index contributed by atoms with van der Waals surface area (Å²) in [6, 6.07) is 1.38. The molecule has 0 aromatic carbocycles. The first kappa shape index (κ1) is 15.0. The normalized spacial score (nSPS) is 21.4. The van der Waals surface area contributed by atoms with Crippen LogP contribution in [0.25, 0.3) is 0 Å². The third-order valence-electron chi connectivity index (χ3n) is 3.61. The first-order valence-corrected chi connectivity index (χ1v) is 8.48. The number of rotatable bonds is 4. The molecule has 0 spiro atoms. The lowest BCUT2D eigenvalue weighted by Crippen LogP contribution is -2.29. The van der Waals surface area contributed by atoms with E-state index in [1.54, 1.807) is 0 Å². The predicted octanol–water partition coefficient (Wildman–Crippen LogP) is 2.20. The van der Waals surface area contributed by atoms with Crippen LogP contribution in [-0.2, 0) is 16.6 Å². The first-order chi connectivity index (χ1) is 8.86. The van der Waals surface area contributed by atoms with Gasteiger partial charge in [-0.1, -0.05) is 13.8 Å². The van der Waals surface area contributed by atoms with E-state index in [4.69, 9.17) is 9.52 Å². The fraction of sp³-hybridized carbons (Fsp3) is 0.667. The van der Waals surface area contributed by atoms with E-state index in [9.17, 15) is 8.42 Å². The summed E-state index contributed by atoms with van der Waals surface area (Å²) in [5.41, 5.74) is 0. The van der Waals surface area contributed by atoms with Gasteiger partial charge in [-0.2, -0.15) is 4.31 Å². The number of hydrogen-bond donors (Lipinski definition) is 1. The van der Waals surface area contributed by atoms with Gasteiger partial charge in [-0.25, -0.2) is 8.42 Å². The summed E-state index contributed by atoms with van der Waals surface area (Å²) in [5, 5.41) is 9.00. The summed E-state index contributed by atoms with van der Waals surface area (Å²) in [7, 11) is -3.54. The predicted molar refractivity (Wildman–Crippen MR) is 74.0 cm³/mol. The molecule has 2 rings (SSSR count). The van der Waals surface area contributed by atoms with Crippen LogP contribution < -0.4 is 0 Å². The van der Waals surface area contributed by atoms with Gasteiger partial charge in [0.2, 0.25) is 10.0 Å². The van der Waals surface area contributed by atoms with Gasteiger partial charge in [-0.05, 0) is 34.2 Å². The summed E-state index contributed by atoms with van der Waals surface area (Å²) in [6.45, 7) is 4.99. The number of halogens is 1. The molecule has 0 saturated carbocycles. The molecule has 1 atom stereocenters. The number of aliphatic hydroxyl groups is 1. The minimum atomic E-state index is -3.54. The Labute approximate surface area is 121 Å². The van der Waals surface area contributed by atoms with Crippen molar-refractivity contribution in [3.63, 3.8) is 0 Å². The first-order valence-electron chi connectivity index (χ1n) is 6.25. The topological polar surface area (TPSA) is 70.8 Å². The molecule has 1 unspecified atom stereocenters. The van der Waals surface area contributed by atoms with Crippen molar-refractivity contribution < 1.29 is 17.9 Å². The van der Waals surface area contributed by atoms with E-state index in [2.05, 4.69) is 29.8 Å². The number of sulfonamides is 1. The highest BCUT2D eigenvalue weighted by Gasteiger charge is 2.36. The lowest BCUT2D eigenvalue weighted by atomic mass is 9.96. The van der Waals surface area contributed by atoms with Crippen LogP contribution in [0.3, 0.4) is 0 Å². The maximum atomic E-state index is 12.5. The van der Waals surface area contributed by atoms with Gasteiger partial charge in [0, 0.05) is 19.2 Å². The van der Waals surface area contributed by atoms with Crippen molar-refractivity contribution in [3.8, 4) is 0 Å². The summed E-state index contributed by atoms with van der Waals surface area (Å²) in [5.74, 6) is 1.11. The Bertz CT molecular complexity index is 552. The molecule has 19 heavy (non-hydrogen) atoms. The zero-order chi connectivity index (χ0) is 14.2. The van der Waals surface area contributed by atoms with E-state index in [-0.39, 0.29) is 21.9 Å². The molecule has 5 nitrogen and oxygen atoms in total.